The second-order valence-electron chi connectivity index (χ2n) is 6.49. The Balaban J connectivity index is 1.87. The summed E-state index contributed by atoms with van der Waals surface area (Å²) in [7, 11) is 1.40. The lowest BCUT2D eigenvalue weighted by atomic mass is 9.99. The fourth-order valence-electron chi connectivity index (χ4n) is 3.07. The van der Waals surface area contributed by atoms with E-state index < -0.39 is 5.82 Å². The highest BCUT2D eigenvalue weighted by atomic mass is 19.1. The number of aliphatic hydroxyl groups excluding tert-OH is 1. The van der Waals surface area contributed by atoms with Gasteiger partial charge in [0.2, 0.25) is 0 Å². The molecule has 0 saturated carbocycles. The van der Waals surface area contributed by atoms with Crippen molar-refractivity contribution in [2.24, 2.45) is 0 Å². The van der Waals surface area contributed by atoms with Crippen LogP contribution in [0, 0.1) is 5.82 Å². The van der Waals surface area contributed by atoms with Crippen molar-refractivity contribution in [3.05, 3.63) is 77.4 Å². The molecule has 2 N–H and O–H groups in total. The number of aromatic nitrogens is 1. The molecule has 0 spiro atoms. The molecule has 0 aliphatic carbocycles. The molecule has 1 aromatic heterocycles. The van der Waals surface area contributed by atoms with Crippen molar-refractivity contribution < 1.29 is 23.8 Å². The van der Waals surface area contributed by atoms with Crippen molar-refractivity contribution in [3.63, 3.8) is 0 Å². The highest BCUT2D eigenvalue weighted by Crippen LogP contribution is 2.29. The maximum absolute atomic E-state index is 13.9. The van der Waals surface area contributed by atoms with Crippen molar-refractivity contribution in [1.29, 1.82) is 0 Å². The lowest BCUT2D eigenvalue weighted by Crippen LogP contribution is -2.23. The first kappa shape index (κ1) is 21.3. The van der Waals surface area contributed by atoms with Crippen LogP contribution in [-0.2, 0) is 13.2 Å². The van der Waals surface area contributed by atoms with E-state index in [1.807, 2.05) is 13.0 Å². The van der Waals surface area contributed by atoms with Crippen LogP contribution in [0.25, 0.3) is 11.1 Å². The first-order chi connectivity index (χ1) is 14.6. The Bertz CT molecular complexity index is 1040. The Morgan fingerprint density at radius 1 is 1.17 bits per heavy atom. The molecule has 7 heteroatoms. The smallest absolute Gasteiger partial charge is 0.255 e. The van der Waals surface area contributed by atoms with Gasteiger partial charge < -0.3 is 19.9 Å². The molecule has 0 atom stereocenters. The van der Waals surface area contributed by atoms with Gasteiger partial charge in [0.05, 0.1) is 25.9 Å². The van der Waals surface area contributed by atoms with Crippen LogP contribution in [0.2, 0.25) is 0 Å². The van der Waals surface area contributed by atoms with E-state index in [4.69, 9.17) is 9.47 Å². The zero-order valence-electron chi connectivity index (χ0n) is 16.8. The number of amides is 1. The van der Waals surface area contributed by atoms with Crippen LogP contribution in [0.3, 0.4) is 0 Å². The quantitative estimate of drug-likeness (QED) is 0.592. The van der Waals surface area contributed by atoms with Gasteiger partial charge in [-0.05, 0) is 53.9 Å². The van der Waals surface area contributed by atoms with Crippen LogP contribution in [0.5, 0.6) is 11.5 Å². The highest BCUT2D eigenvalue weighted by Gasteiger charge is 2.16. The van der Waals surface area contributed by atoms with Gasteiger partial charge in [0.15, 0.2) is 11.6 Å². The number of rotatable bonds is 8. The first-order valence-corrected chi connectivity index (χ1v) is 9.49. The monoisotopic (exact) mass is 410 g/mol. The van der Waals surface area contributed by atoms with E-state index in [2.05, 4.69) is 10.3 Å². The third kappa shape index (κ3) is 4.75. The van der Waals surface area contributed by atoms with Gasteiger partial charge in [-0.15, -0.1) is 0 Å². The topological polar surface area (TPSA) is 80.7 Å². The van der Waals surface area contributed by atoms with E-state index >= 15 is 0 Å². The highest BCUT2D eigenvalue weighted by molar-refractivity contribution is 5.98. The van der Waals surface area contributed by atoms with Crippen LogP contribution >= 0.6 is 0 Å². The van der Waals surface area contributed by atoms with Crippen LogP contribution in [0.4, 0.5) is 4.39 Å². The summed E-state index contributed by atoms with van der Waals surface area (Å²) < 4.78 is 24.4. The largest absolute Gasteiger partial charge is 0.494 e. The summed E-state index contributed by atoms with van der Waals surface area (Å²) in [5, 5.41) is 12.4. The number of ether oxygens (including phenoxy) is 2. The SMILES string of the molecule is CCOc1ccc(-c2cnccc2CO)cc1C(=O)NCc1ccc(OC)c(F)c1. The molecule has 2 aromatic carbocycles. The van der Waals surface area contributed by atoms with Crippen molar-refractivity contribution in [2.45, 2.75) is 20.1 Å². The molecule has 3 aromatic rings. The van der Waals surface area contributed by atoms with E-state index in [1.165, 1.54) is 19.2 Å². The fourth-order valence-corrected chi connectivity index (χ4v) is 3.07. The molecule has 0 radical (unpaired) electrons. The van der Waals surface area contributed by atoms with Crippen LogP contribution in [-0.4, -0.2) is 29.7 Å². The third-order valence-electron chi connectivity index (χ3n) is 4.59. The second kappa shape index (κ2) is 9.84. The summed E-state index contributed by atoms with van der Waals surface area (Å²) in [6.07, 6.45) is 3.24. The molecule has 30 heavy (non-hydrogen) atoms. The van der Waals surface area contributed by atoms with Gasteiger partial charge in [0.1, 0.15) is 5.75 Å². The lowest BCUT2D eigenvalue weighted by Gasteiger charge is -2.14. The Hall–Kier alpha value is -3.45. The Labute approximate surface area is 174 Å². The first-order valence-electron chi connectivity index (χ1n) is 9.49. The molecule has 0 unspecified atom stereocenters. The molecular formula is C23H23FN2O4. The normalized spacial score (nSPS) is 10.5. The number of hydrogen-bond acceptors (Lipinski definition) is 5. The number of carbonyl (C=O) groups is 1. The van der Waals surface area contributed by atoms with E-state index in [0.29, 0.717) is 29.0 Å². The summed E-state index contributed by atoms with van der Waals surface area (Å²) in [4.78, 5) is 17.0. The standard InChI is InChI=1S/C23H23FN2O4/c1-3-30-21-7-5-16(19-13-25-9-8-17(19)14-27)11-18(21)23(28)26-12-15-4-6-22(29-2)20(24)10-15/h4-11,13,27H,3,12,14H2,1-2H3,(H,26,28). The summed E-state index contributed by atoms with van der Waals surface area (Å²) in [5.41, 5.74) is 3.11. The van der Waals surface area contributed by atoms with E-state index in [1.54, 1.807) is 36.7 Å². The Kier molecular flexibility index (Phi) is 6.98. The van der Waals surface area contributed by atoms with Gasteiger partial charge in [-0.2, -0.15) is 0 Å². The number of hydrogen-bond donors (Lipinski definition) is 2. The fraction of sp³-hybridized carbons (Fsp3) is 0.217. The molecule has 6 nitrogen and oxygen atoms in total. The van der Waals surface area contributed by atoms with E-state index in [-0.39, 0.29) is 24.8 Å². The number of nitrogens with zero attached hydrogens (tertiary/aromatic N) is 1. The minimum atomic E-state index is -0.491. The van der Waals surface area contributed by atoms with Gasteiger partial charge in [0, 0.05) is 24.5 Å². The molecule has 0 bridgehead atoms. The predicted octanol–water partition coefficient (Wildman–Crippen LogP) is 3.72. The minimum Gasteiger partial charge on any atom is -0.494 e. The van der Waals surface area contributed by atoms with E-state index in [0.717, 1.165) is 11.1 Å². The average Bonchev–Trinajstić information content (AvgIpc) is 2.78. The molecule has 1 amide bonds. The maximum Gasteiger partial charge on any atom is 0.255 e. The number of benzene rings is 2. The molecule has 156 valence electrons. The van der Waals surface area contributed by atoms with Crippen LogP contribution < -0.4 is 14.8 Å². The molecule has 0 saturated heterocycles. The summed E-state index contributed by atoms with van der Waals surface area (Å²) in [6, 6.07) is 11.5. The third-order valence-corrected chi connectivity index (χ3v) is 4.59. The number of aliphatic hydroxyl groups is 1. The van der Waals surface area contributed by atoms with Crippen molar-refractivity contribution in [2.75, 3.05) is 13.7 Å². The zero-order chi connectivity index (χ0) is 21.5. The number of carbonyl (C=O) groups excluding carboxylic acids is 1. The van der Waals surface area contributed by atoms with Crippen LogP contribution in [0.1, 0.15) is 28.4 Å². The van der Waals surface area contributed by atoms with Gasteiger partial charge in [-0.1, -0.05) is 12.1 Å². The Morgan fingerprint density at radius 3 is 2.67 bits per heavy atom. The van der Waals surface area contributed by atoms with Crippen molar-refractivity contribution in [1.82, 2.24) is 10.3 Å². The van der Waals surface area contributed by atoms with Gasteiger partial charge in [-0.3, -0.25) is 9.78 Å². The van der Waals surface area contributed by atoms with Gasteiger partial charge >= 0.3 is 0 Å². The van der Waals surface area contributed by atoms with Crippen molar-refractivity contribution >= 4 is 5.91 Å². The van der Waals surface area contributed by atoms with Gasteiger partial charge in [0.25, 0.3) is 5.91 Å². The molecule has 0 fully saturated rings. The lowest BCUT2D eigenvalue weighted by molar-refractivity contribution is 0.0947. The Morgan fingerprint density at radius 2 is 1.97 bits per heavy atom. The molecular weight excluding hydrogens is 387 g/mol. The summed E-state index contributed by atoms with van der Waals surface area (Å²) in [6.45, 7) is 2.23. The second-order valence-corrected chi connectivity index (χ2v) is 6.49. The number of halogens is 1. The minimum absolute atomic E-state index is 0.143. The average molecular weight is 410 g/mol. The summed E-state index contributed by atoms with van der Waals surface area (Å²) in [5.74, 6) is -0.262. The predicted molar refractivity (Wildman–Crippen MR) is 111 cm³/mol. The molecule has 0 aliphatic rings. The molecule has 1 heterocycles. The van der Waals surface area contributed by atoms with E-state index in [9.17, 15) is 14.3 Å². The number of methoxy groups -OCH3 is 1. The summed E-state index contributed by atoms with van der Waals surface area (Å²) >= 11 is 0. The van der Waals surface area contributed by atoms with Crippen LogP contribution in [0.15, 0.2) is 54.9 Å². The van der Waals surface area contributed by atoms with Gasteiger partial charge in [-0.25, -0.2) is 4.39 Å². The maximum atomic E-state index is 13.9. The molecule has 3 rings (SSSR count). The zero-order valence-corrected chi connectivity index (χ0v) is 16.8. The molecule has 0 aliphatic heterocycles. The van der Waals surface area contributed by atoms with Crippen molar-refractivity contribution in [3.8, 4) is 22.6 Å². The number of nitrogens with one attached hydrogen (secondary N) is 1. The number of pyridine rings is 1.